The van der Waals surface area contributed by atoms with Crippen molar-refractivity contribution in [2.24, 2.45) is 0 Å². The Morgan fingerprint density at radius 1 is 1.30 bits per heavy atom. The lowest BCUT2D eigenvalue weighted by Crippen LogP contribution is -2.27. The SMILES string of the molecule is CN(C)CCCNC(=O)CCc1nnc(-c2ccccc2F)o1. The Hall–Kier alpha value is -2.28. The molecule has 7 heteroatoms. The zero-order valence-electron chi connectivity index (χ0n) is 13.4. The summed E-state index contributed by atoms with van der Waals surface area (Å²) in [5.74, 6) is -0.0214. The first kappa shape index (κ1) is 17.1. The van der Waals surface area contributed by atoms with E-state index in [-0.39, 0.29) is 23.8 Å². The Kier molecular flexibility index (Phi) is 6.22. The summed E-state index contributed by atoms with van der Waals surface area (Å²) in [6, 6.07) is 6.20. The van der Waals surface area contributed by atoms with Crippen molar-refractivity contribution in [2.45, 2.75) is 19.3 Å². The molecule has 0 radical (unpaired) electrons. The zero-order chi connectivity index (χ0) is 16.7. The van der Waals surface area contributed by atoms with Gasteiger partial charge >= 0.3 is 0 Å². The average molecular weight is 320 g/mol. The van der Waals surface area contributed by atoms with Crippen LogP contribution >= 0.6 is 0 Å². The van der Waals surface area contributed by atoms with Crippen molar-refractivity contribution < 1.29 is 13.6 Å². The summed E-state index contributed by atoms with van der Waals surface area (Å²) >= 11 is 0. The number of nitrogens with one attached hydrogen (secondary N) is 1. The average Bonchev–Trinajstić information content (AvgIpc) is 2.98. The Morgan fingerprint density at radius 3 is 2.83 bits per heavy atom. The van der Waals surface area contributed by atoms with Gasteiger partial charge in [0.05, 0.1) is 5.56 Å². The molecule has 2 aromatic rings. The van der Waals surface area contributed by atoms with Crippen molar-refractivity contribution in [1.82, 2.24) is 20.4 Å². The molecule has 0 spiro atoms. The molecule has 0 saturated heterocycles. The van der Waals surface area contributed by atoms with E-state index in [0.717, 1.165) is 13.0 Å². The number of benzene rings is 1. The largest absolute Gasteiger partial charge is 0.421 e. The first-order chi connectivity index (χ1) is 11.1. The predicted octanol–water partition coefficient (Wildman–Crippen LogP) is 1.88. The van der Waals surface area contributed by atoms with Gasteiger partial charge in [0.1, 0.15) is 5.82 Å². The fraction of sp³-hybridized carbons (Fsp3) is 0.438. The maximum Gasteiger partial charge on any atom is 0.250 e. The van der Waals surface area contributed by atoms with Gasteiger partial charge < -0.3 is 14.6 Å². The highest BCUT2D eigenvalue weighted by atomic mass is 19.1. The number of carbonyl (C=O) groups is 1. The van der Waals surface area contributed by atoms with Crippen LogP contribution in [0.1, 0.15) is 18.7 Å². The van der Waals surface area contributed by atoms with Crippen LogP contribution in [-0.2, 0) is 11.2 Å². The lowest BCUT2D eigenvalue weighted by Gasteiger charge is -2.09. The fourth-order valence-corrected chi connectivity index (χ4v) is 2.03. The Bertz CT molecular complexity index is 643. The van der Waals surface area contributed by atoms with E-state index in [1.807, 2.05) is 14.1 Å². The standard InChI is InChI=1S/C16H21FN4O2/c1-21(2)11-5-10-18-14(22)8-9-15-19-20-16(23-15)12-6-3-4-7-13(12)17/h3-4,6-7H,5,8-11H2,1-2H3,(H,18,22). The van der Waals surface area contributed by atoms with Crippen molar-refractivity contribution in [3.05, 3.63) is 36.0 Å². The van der Waals surface area contributed by atoms with Gasteiger partial charge in [0.15, 0.2) is 0 Å². The lowest BCUT2D eigenvalue weighted by atomic mass is 10.2. The summed E-state index contributed by atoms with van der Waals surface area (Å²) in [4.78, 5) is 13.8. The first-order valence-electron chi connectivity index (χ1n) is 7.55. The normalized spacial score (nSPS) is 11.0. The molecule has 0 saturated carbocycles. The van der Waals surface area contributed by atoms with Crippen molar-refractivity contribution in [2.75, 3.05) is 27.2 Å². The maximum atomic E-state index is 13.6. The minimum absolute atomic E-state index is 0.0607. The molecule has 0 bridgehead atoms. The third-order valence-electron chi connectivity index (χ3n) is 3.24. The van der Waals surface area contributed by atoms with Gasteiger partial charge in [-0.1, -0.05) is 12.1 Å². The van der Waals surface area contributed by atoms with E-state index < -0.39 is 5.82 Å². The van der Waals surface area contributed by atoms with Gasteiger partial charge in [0.2, 0.25) is 11.8 Å². The number of hydrogen-bond acceptors (Lipinski definition) is 5. The highest BCUT2D eigenvalue weighted by Gasteiger charge is 2.13. The van der Waals surface area contributed by atoms with Gasteiger partial charge in [0, 0.05) is 19.4 Å². The number of rotatable bonds is 8. The van der Waals surface area contributed by atoms with Crippen LogP contribution in [0.3, 0.4) is 0 Å². The highest BCUT2D eigenvalue weighted by Crippen LogP contribution is 2.21. The van der Waals surface area contributed by atoms with Crippen LogP contribution in [0, 0.1) is 5.82 Å². The second kappa shape index (κ2) is 8.38. The maximum absolute atomic E-state index is 13.6. The van der Waals surface area contributed by atoms with E-state index in [1.165, 1.54) is 6.07 Å². The van der Waals surface area contributed by atoms with Crippen LogP contribution in [0.4, 0.5) is 4.39 Å². The van der Waals surface area contributed by atoms with E-state index in [0.29, 0.717) is 18.9 Å². The van der Waals surface area contributed by atoms with Crippen molar-refractivity contribution in [3.63, 3.8) is 0 Å². The highest BCUT2D eigenvalue weighted by molar-refractivity contribution is 5.75. The number of hydrogen-bond donors (Lipinski definition) is 1. The van der Waals surface area contributed by atoms with E-state index in [2.05, 4.69) is 20.4 Å². The van der Waals surface area contributed by atoms with Crippen LogP contribution in [0.5, 0.6) is 0 Å². The molecule has 0 aliphatic rings. The van der Waals surface area contributed by atoms with E-state index in [1.54, 1.807) is 18.2 Å². The summed E-state index contributed by atoms with van der Waals surface area (Å²) in [6.07, 6.45) is 1.50. The van der Waals surface area contributed by atoms with E-state index >= 15 is 0 Å². The second-order valence-electron chi connectivity index (χ2n) is 5.49. The molecule has 2 rings (SSSR count). The van der Waals surface area contributed by atoms with Gasteiger partial charge in [-0.25, -0.2) is 4.39 Å². The number of aromatic nitrogens is 2. The second-order valence-corrected chi connectivity index (χ2v) is 5.49. The molecule has 1 amide bonds. The van der Waals surface area contributed by atoms with Gasteiger partial charge in [-0.3, -0.25) is 4.79 Å². The molecule has 1 aromatic carbocycles. The Balaban J connectivity index is 1.79. The predicted molar refractivity (Wildman–Crippen MR) is 84.2 cm³/mol. The quantitative estimate of drug-likeness (QED) is 0.752. The molecular formula is C16H21FN4O2. The fourth-order valence-electron chi connectivity index (χ4n) is 2.03. The number of aryl methyl sites for hydroxylation is 1. The van der Waals surface area contributed by atoms with Crippen LogP contribution in [0.25, 0.3) is 11.5 Å². The summed E-state index contributed by atoms with van der Waals surface area (Å²) in [6.45, 7) is 1.57. The molecule has 0 fully saturated rings. The van der Waals surface area contributed by atoms with Crippen molar-refractivity contribution in [3.8, 4) is 11.5 Å². The smallest absolute Gasteiger partial charge is 0.250 e. The Labute approximate surface area is 134 Å². The van der Waals surface area contributed by atoms with Crippen LogP contribution in [0.2, 0.25) is 0 Å². The zero-order valence-corrected chi connectivity index (χ0v) is 13.4. The van der Waals surface area contributed by atoms with Crippen molar-refractivity contribution in [1.29, 1.82) is 0 Å². The summed E-state index contributed by atoms with van der Waals surface area (Å²) < 4.78 is 19.0. The minimum Gasteiger partial charge on any atom is -0.421 e. The Morgan fingerprint density at radius 2 is 2.09 bits per heavy atom. The summed E-state index contributed by atoms with van der Waals surface area (Å²) in [5.41, 5.74) is 0.263. The van der Waals surface area contributed by atoms with Crippen LogP contribution < -0.4 is 5.32 Å². The molecule has 1 heterocycles. The molecule has 6 nitrogen and oxygen atoms in total. The van der Waals surface area contributed by atoms with Crippen LogP contribution in [0.15, 0.2) is 28.7 Å². The topological polar surface area (TPSA) is 71.3 Å². The number of amides is 1. The van der Waals surface area contributed by atoms with Crippen LogP contribution in [-0.4, -0.2) is 48.2 Å². The van der Waals surface area contributed by atoms with Gasteiger partial charge in [0.25, 0.3) is 5.89 Å². The summed E-state index contributed by atoms with van der Waals surface area (Å²) in [5, 5.41) is 10.5. The molecule has 0 aliphatic heterocycles. The lowest BCUT2D eigenvalue weighted by molar-refractivity contribution is -0.121. The number of nitrogens with zero attached hydrogens (tertiary/aromatic N) is 3. The molecule has 1 N–H and O–H groups in total. The minimum atomic E-state index is -0.415. The van der Waals surface area contributed by atoms with E-state index in [4.69, 9.17) is 4.42 Å². The van der Waals surface area contributed by atoms with Crippen molar-refractivity contribution >= 4 is 5.91 Å². The van der Waals surface area contributed by atoms with Gasteiger partial charge in [-0.2, -0.15) is 0 Å². The van der Waals surface area contributed by atoms with Gasteiger partial charge in [-0.15, -0.1) is 10.2 Å². The monoisotopic (exact) mass is 320 g/mol. The molecule has 23 heavy (non-hydrogen) atoms. The molecule has 124 valence electrons. The van der Waals surface area contributed by atoms with Gasteiger partial charge in [-0.05, 0) is 39.2 Å². The third-order valence-corrected chi connectivity index (χ3v) is 3.24. The molecule has 0 unspecified atom stereocenters. The molecular weight excluding hydrogens is 299 g/mol. The summed E-state index contributed by atoms with van der Waals surface area (Å²) in [7, 11) is 3.98. The number of halogens is 1. The molecule has 1 aromatic heterocycles. The third kappa shape index (κ3) is 5.45. The first-order valence-corrected chi connectivity index (χ1v) is 7.55. The van der Waals surface area contributed by atoms with E-state index in [9.17, 15) is 9.18 Å². The molecule has 0 atom stereocenters. The number of carbonyl (C=O) groups excluding carboxylic acids is 1. The molecule has 0 aliphatic carbocycles.